The van der Waals surface area contributed by atoms with E-state index in [-0.39, 0.29) is 15.6 Å². The molecule has 0 saturated heterocycles. The van der Waals surface area contributed by atoms with Crippen LogP contribution in [0.5, 0.6) is 0 Å². The van der Waals surface area contributed by atoms with Crippen molar-refractivity contribution >= 4 is 10.9 Å². The van der Waals surface area contributed by atoms with E-state index in [1.807, 2.05) is 0 Å². The Morgan fingerprint density at radius 1 is 1.29 bits per heavy atom. The van der Waals surface area contributed by atoms with Crippen molar-refractivity contribution in [1.29, 1.82) is 0 Å². The van der Waals surface area contributed by atoms with Crippen molar-refractivity contribution in [3.63, 3.8) is 0 Å². The van der Waals surface area contributed by atoms with Gasteiger partial charge in [-0.15, -0.1) is 0 Å². The molecule has 4 nitrogen and oxygen atoms in total. The molecular formula is C13H14F3NO3S. The van der Waals surface area contributed by atoms with E-state index in [0.717, 1.165) is 12.2 Å². The van der Waals surface area contributed by atoms with Crippen LogP contribution in [-0.4, -0.2) is 36.7 Å². The van der Waals surface area contributed by atoms with Crippen LogP contribution in [0.3, 0.4) is 0 Å². The van der Waals surface area contributed by atoms with Gasteiger partial charge in [-0.1, -0.05) is 31.4 Å². The molecule has 0 unspecified atom stereocenters. The van der Waals surface area contributed by atoms with Gasteiger partial charge in [0.15, 0.2) is 6.04 Å². The molecule has 1 heterocycles. The van der Waals surface area contributed by atoms with Crippen LogP contribution in [0.25, 0.3) is 0 Å². The van der Waals surface area contributed by atoms with Crippen LogP contribution in [0, 0.1) is 0 Å². The van der Waals surface area contributed by atoms with E-state index in [4.69, 9.17) is 5.11 Å². The number of allylic oxidation sites excluding steroid dienone is 5. The van der Waals surface area contributed by atoms with E-state index in [9.17, 15) is 21.6 Å². The van der Waals surface area contributed by atoms with Crippen molar-refractivity contribution in [2.75, 3.05) is 6.61 Å². The number of aliphatic hydroxyl groups excluding tert-OH is 1. The lowest BCUT2D eigenvalue weighted by Gasteiger charge is -2.36. The molecule has 0 saturated carbocycles. The van der Waals surface area contributed by atoms with E-state index < -0.39 is 35.3 Å². The molecule has 0 aromatic carbocycles. The molecule has 0 aromatic rings. The van der Waals surface area contributed by atoms with Gasteiger partial charge in [0, 0.05) is 0 Å². The highest BCUT2D eigenvalue weighted by molar-refractivity contribution is 7.70. The van der Waals surface area contributed by atoms with Crippen LogP contribution in [0.4, 0.5) is 13.2 Å². The standard InChI is InChI=1S/C13H14F3NO3S/c1-3-5-9-7-10(8-18)12(13(14,15)16)17(21(19)20)11(9)6-4-2/h3-7,12,18,21H,1-2,8H2/b9-5-,11-6+/t12-/m0/s1. The first-order chi connectivity index (χ1) is 9.77. The lowest BCUT2D eigenvalue weighted by molar-refractivity contribution is -0.159. The Balaban J connectivity index is 3.68. The highest BCUT2D eigenvalue weighted by atomic mass is 32.2. The van der Waals surface area contributed by atoms with Gasteiger partial charge in [0.2, 0.25) is 10.9 Å². The van der Waals surface area contributed by atoms with Crippen molar-refractivity contribution < 1.29 is 26.7 Å². The predicted octanol–water partition coefficient (Wildman–Crippen LogP) is 1.86. The molecule has 0 fully saturated rings. The van der Waals surface area contributed by atoms with Crippen LogP contribution >= 0.6 is 0 Å². The minimum absolute atomic E-state index is 0.180. The fourth-order valence-corrected chi connectivity index (χ4v) is 2.81. The zero-order valence-corrected chi connectivity index (χ0v) is 11.8. The van der Waals surface area contributed by atoms with Crippen LogP contribution in [0.1, 0.15) is 0 Å². The zero-order chi connectivity index (χ0) is 16.2. The summed E-state index contributed by atoms with van der Waals surface area (Å²) < 4.78 is 62.4. The monoisotopic (exact) mass is 321 g/mol. The molecule has 116 valence electrons. The smallest absolute Gasteiger partial charge is 0.392 e. The second-order valence-electron chi connectivity index (χ2n) is 4.05. The molecule has 0 amide bonds. The van der Waals surface area contributed by atoms with Gasteiger partial charge in [-0.05, 0) is 23.3 Å². The van der Waals surface area contributed by atoms with E-state index in [1.54, 1.807) is 0 Å². The highest BCUT2D eigenvalue weighted by Crippen LogP contribution is 2.38. The van der Waals surface area contributed by atoms with Crippen molar-refractivity contribution in [1.82, 2.24) is 4.31 Å². The van der Waals surface area contributed by atoms with Crippen molar-refractivity contribution in [2.45, 2.75) is 12.2 Å². The molecule has 0 aliphatic carbocycles. The van der Waals surface area contributed by atoms with Gasteiger partial charge in [-0.3, -0.25) is 4.31 Å². The van der Waals surface area contributed by atoms with Crippen LogP contribution in [0.2, 0.25) is 0 Å². The average molecular weight is 321 g/mol. The summed E-state index contributed by atoms with van der Waals surface area (Å²) in [5.41, 5.74) is -0.454. The molecule has 0 bridgehead atoms. The number of nitrogens with zero attached hydrogens (tertiary/aromatic N) is 1. The molecule has 0 aromatic heterocycles. The molecule has 1 N–H and O–H groups in total. The number of aliphatic hydroxyl groups is 1. The molecule has 0 spiro atoms. The first kappa shape index (κ1) is 17.3. The normalized spacial score (nSPS) is 23.6. The minimum atomic E-state index is -4.86. The van der Waals surface area contributed by atoms with Gasteiger partial charge in [0.1, 0.15) is 0 Å². The highest BCUT2D eigenvalue weighted by Gasteiger charge is 2.49. The lowest BCUT2D eigenvalue weighted by Crippen LogP contribution is -2.48. The summed E-state index contributed by atoms with van der Waals surface area (Å²) in [7, 11) is -3.57. The number of halogens is 3. The molecule has 1 aliphatic heterocycles. The van der Waals surface area contributed by atoms with Crippen LogP contribution in [0.15, 0.2) is 60.4 Å². The van der Waals surface area contributed by atoms with E-state index in [2.05, 4.69) is 13.2 Å². The molecule has 1 aliphatic rings. The molecule has 1 rings (SSSR count). The van der Waals surface area contributed by atoms with Crippen molar-refractivity contribution in [3.05, 3.63) is 60.4 Å². The first-order valence-electron chi connectivity index (χ1n) is 5.75. The second kappa shape index (κ2) is 6.77. The zero-order valence-electron chi connectivity index (χ0n) is 10.9. The summed E-state index contributed by atoms with van der Waals surface area (Å²) in [4.78, 5) is 0. The number of rotatable bonds is 4. The van der Waals surface area contributed by atoms with Gasteiger partial charge in [-0.25, -0.2) is 8.42 Å². The number of hydrogen-bond acceptors (Lipinski definition) is 3. The molecule has 0 radical (unpaired) electrons. The van der Waals surface area contributed by atoms with Crippen LogP contribution in [-0.2, 0) is 10.9 Å². The third-order valence-corrected chi connectivity index (χ3v) is 3.52. The Hall–Kier alpha value is -1.80. The Morgan fingerprint density at radius 2 is 1.86 bits per heavy atom. The SMILES string of the molecule is C=C/C=C1/C=C(CO)[C@@H](C(F)(F)F)N([SH](=O)=O)/C1=C/C=C. The maximum Gasteiger partial charge on any atom is 0.413 e. The van der Waals surface area contributed by atoms with E-state index in [0.29, 0.717) is 0 Å². The van der Waals surface area contributed by atoms with E-state index in [1.165, 1.54) is 18.2 Å². The van der Waals surface area contributed by atoms with Gasteiger partial charge in [0.05, 0.1) is 12.3 Å². The first-order valence-corrected chi connectivity index (χ1v) is 6.88. The maximum absolute atomic E-state index is 13.2. The molecule has 8 heteroatoms. The summed E-state index contributed by atoms with van der Waals surface area (Å²) in [5.74, 6) is 0. The van der Waals surface area contributed by atoms with Gasteiger partial charge in [-0.2, -0.15) is 13.2 Å². The summed E-state index contributed by atoms with van der Waals surface area (Å²) in [6.45, 7) is 5.87. The molecule has 21 heavy (non-hydrogen) atoms. The molecular weight excluding hydrogens is 307 g/mol. The minimum Gasteiger partial charge on any atom is -0.392 e. The van der Waals surface area contributed by atoms with Crippen molar-refractivity contribution in [3.8, 4) is 0 Å². The number of thiol groups is 1. The fraction of sp³-hybridized carbons (Fsp3) is 0.231. The summed E-state index contributed by atoms with van der Waals surface area (Å²) in [6.07, 6.45) is 1.24. The number of alkyl halides is 3. The third-order valence-electron chi connectivity index (χ3n) is 2.72. The van der Waals surface area contributed by atoms with Crippen LogP contribution < -0.4 is 0 Å². The summed E-state index contributed by atoms with van der Waals surface area (Å²) in [5, 5.41) is 9.14. The Bertz CT molecular complexity index is 592. The fourth-order valence-electron chi connectivity index (χ4n) is 1.99. The average Bonchev–Trinajstić information content (AvgIpc) is 2.38. The Labute approximate surface area is 122 Å². The van der Waals surface area contributed by atoms with Gasteiger partial charge in [0.25, 0.3) is 0 Å². The second-order valence-corrected chi connectivity index (χ2v) is 4.96. The predicted molar refractivity (Wildman–Crippen MR) is 73.7 cm³/mol. The van der Waals surface area contributed by atoms with Gasteiger partial charge < -0.3 is 5.11 Å². The van der Waals surface area contributed by atoms with Gasteiger partial charge >= 0.3 is 6.18 Å². The number of hydrogen-bond donors (Lipinski definition) is 2. The maximum atomic E-state index is 13.2. The molecule has 1 atom stereocenters. The van der Waals surface area contributed by atoms with Crippen molar-refractivity contribution in [2.24, 2.45) is 0 Å². The summed E-state index contributed by atoms with van der Waals surface area (Å²) in [6, 6.07) is -2.43. The third kappa shape index (κ3) is 3.64. The van der Waals surface area contributed by atoms with E-state index >= 15 is 0 Å². The lowest BCUT2D eigenvalue weighted by atomic mass is 9.96. The largest absolute Gasteiger partial charge is 0.413 e. The quantitative estimate of drug-likeness (QED) is 0.777. The Morgan fingerprint density at radius 3 is 2.24 bits per heavy atom. The Kier molecular flexibility index (Phi) is 5.56. The summed E-state index contributed by atoms with van der Waals surface area (Å²) >= 11 is 0. The topological polar surface area (TPSA) is 57.6 Å².